The lowest BCUT2D eigenvalue weighted by Gasteiger charge is -2.24. The zero-order valence-electron chi connectivity index (χ0n) is 15.5. The number of carbonyl (C=O) groups is 3. The number of carboxylic acids is 1. The maximum Gasteiger partial charge on any atom is 0.347 e. The molecule has 0 atom stereocenters. The third-order valence-corrected chi connectivity index (χ3v) is 4.86. The molecule has 0 heterocycles. The minimum absolute atomic E-state index is 0.0681. The van der Waals surface area contributed by atoms with Gasteiger partial charge in [0.05, 0.1) is 18.8 Å². The maximum absolute atomic E-state index is 12.3. The van der Waals surface area contributed by atoms with E-state index in [0.29, 0.717) is 10.2 Å². The molecular formula is C19H22BrNO6. The number of carbonyl (C=O) groups excluding carboxylic acids is 2. The van der Waals surface area contributed by atoms with Gasteiger partial charge in [0.25, 0.3) is 0 Å². The lowest BCUT2D eigenvalue weighted by Crippen LogP contribution is -2.26. The Labute approximate surface area is 166 Å². The fourth-order valence-electron chi connectivity index (χ4n) is 2.53. The van der Waals surface area contributed by atoms with Crippen LogP contribution in [0.3, 0.4) is 0 Å². The molecule has 146 valence electrons. The van der Waals surface area contributed by atoms with Crippen LogP contribution in [0.15, 0.2) is 28.4 Å². The summed E-state index contributed by atoms with van der Waals surface area (Å²) < 4.78 is 10.6. The van der Waals surface area contributed by atoms with E-state index in [1.165, 1.54) is 18.3 Å². The first-order chi connectivity index (χ1) is 12.8. The molecule has 0 amide bonds. The van der Waals surface area contributed by atoms with E-state index in [2.05, 4.69) is 15.9 Å². The van der Waals surface area contributed by atoms with Gasteiger partial charge in [-0.15, -0.1) is 0 Å². The van der Waals surface area contributed by atoms with Crippen molar-refractivity contribution in [1.82, 2.24) is 0 Å². The summed E-state index contributed by atoms with van der Waals surface area (Å²) in [6, 6.07) is 3.12. The van der Waals surface area contributed by atoms with Crippen LogP contribution in [0.4, 0.5) is 5.69 Å². The first kappa shape index (κ1) is 21.0. The zero-order chi connectivity index (χ0) is 20.1. The molecular weight excluding hydrogens is 418 g/mol. The van der Waals surface area contributed by atoms with E-state index in [-0.39, 0.29) is 30.4 Å². The van der Waals surface area contributed by atoms with Gasteiger partial charge in [0.2, 0.25) is 0 Å². The van der Waals surface area contributed by atoms with Crippen LogP contribution in [0.2, 0.25) is 0 Å². The lowest BCUT2D eigenvalue weighted by atomic mass is 10.1. The van der Waals surface area contributed by atoms with Crippen LogP contribution in [0.25, 0.3) is 0 Å². The molecule has 1 aromatic carbocycles. The summed E-state index contributed by atoms with van der Waals surface area (Å²) in [5.74, 6) is -2.60. The second-order valence-corrected chi connectivity index (χ2v) is 6.88. The van der Waals surface area contributed by atoms with Crippen molar-refractivity contribution < 1.29 is 29.0 Å². The van der Waals surface area contributed by atoms with Gasteiger partial charge in [0.1, 0.15) is 0 Å². The Hall–Kier alpha value is -2.35. The first-order valence-electron chi connectivity index (χ1n) is 8.67. The van der Waals surface area contributed by atoms with Crippen molar-refractivity contribution in [2.45, 2.75) is 39.7 Å². The van der Waals surface area contributed by atoms with Crippen molar-refractivity contribution in [2.24, 2.45) is 0 Å². The maximum atomic E-state index is 12.3. The quantitative estimate of drug-likeness (QED) is 0.287. The van der Waals surface area contributed by atoms with E-state index in [1.54, 1.807) is 18.7 Å². The number of nitrogens with zero attached hydrogens (tertiary/aromatic N) is 1. The highest BCUT2D eigenvalue weighted by Crippen LogP contribution is 2.37. The summed E-state index contributed by atoms with van der Waals surface area (Å²) in [5.41, 5.74) is 1.29. The van der Waals surface area contributed by atoms with Crippen molar-refractivity contribution in [3.63, 3.8) is 0 Å². The van der Waals surface area contributed by atoms with Gasteiger partial charge in [-0.2, -0.15) is 0 Å². The Bertz CT molecular complexity index is 765. The van der Waals surface area contributed by atoms with Gasteiger partial charge in [0.15, 0.2) is 5.57 Å². The molecule has 1 fully saturated rings. The highest BCUT2D eigenvalue weighted by atomic mass is 79.9. The normalized spacial score (nSPS) is 12.9. The summed E-state index contributed by atoms with van der Waals surface area (Å²) in [7, 11) is 0. The molecule has 7 nitrogen and oxygen atoms in total. The first-order valence-corrected chi connectivity index (χ1v) is 9.47. The Morgan fingerprint density at radius 1 is 1.19 bits per heavy atom. The average molecular weight is 440 g/mol. The number of ether oxygens (including phenoxy) is 2. The molecule has 0 aromatic heterocycles. The Kier molecular flexibility index (Phi) is 7.01. The summed E-state index contributed by atoms with van der Waals surface area (Å²) in [6.07, 6.45) is 3.14. The van der Waals surface area contributed by atoms with E-state index >= 15 is 0 Å². The van der Waals surface area contributed by atoms with E-state index in [9.17, 15) is 19.5 Å². The third kappa shape index (κ3) is 5.09. The molecule has 1 N–H and O–H groups in total. The van der Waals surface area contributed by atoms with Crippen LogP contribution >= 0.6 is 15.9 Å². The molecule has 0 aliphatic heterocycles. The summed E-state index contributed by atoms with van der Waals surface area (Å²) in [4.78, 5) is 37.7. The standard InChI is InChI=1S/C19H22BrNO6/c1-4-26-18(24)14(19(25)27-5-2)10-21(13-6-7-13)16-9-12(17(22)23)8-15(20)11(16)3/h8-10,13H,4-7H2,1-3H3,(H,22,23). The van der Waals surface area contributed by atoms with Gasteiger partial charge in [-0.3, -0.25) is 0 Å². The van der Waals surface area contributed by atoms with Crippen molar-refractivity contribution in [3.8, 4) is 0 Å². The minimum Gasteiger partial charge on any atom is -0.478 e. The van der Waals surface area contributed by atoms with Crippen molar-refractivity contribution >= 4 is 39.5 Å². The lowest BCUT2D eigenvalue weighted by molar-refractivity contribution is -0.146. The topological polar surface area (TPSA) is 93.1 Å². The molecule has 0 spiro atoms. The fourth-order valence-corrected chi connectivity index (χ4v) is 2.98. The van der Waals surface area contributed by atoms with Crippen LogP contribution < -0.4 is 4.90 Å². The molecule has 8 heteroatoms. The van der Waals surface area contributed by atoms with Crippen LogP contribution in [-0.4, -0.2) is 42.3 Å². The number of aromatic carboxylic acids is 1. The van der Waals surface area contributed by atoms with Crippen LogP contribution in [-0.2, 0) is 19.1 Å². The van der Waals surface area contributed by atoms with Crippen LogP contribution in [0.1, 0.15) is 42.6 Å². The highest BCUT2D eigenvalue weighted by Gasteiger charge is 2.33. The van der Waals surface area contributed by atoms with Gasteiger partial charge in [-0.25, -0.2) is 14.4 Å². The third-order valence-electron chi connectivity index (χ3n) is 4.04. The number of esters is 2. The van der Waals surface area contributed by atoms with Crippen molar-refractivity contribution in [1.29, 1.82) is 0 Å². The van der Waals surface area contributed by atoms with Gasteiger partial charge >= 0.3 is 17.9 Å². The molecule has 0 unspecified atom stereocenters. The second-order valence-electron chi connectivity index (χ2n) is 6.03. The highest BCUT2D eigenvalue weighted by molar-refractivity contribution is 9.10. The summed E-state index contributed by atoms with van der Waals surface area (Å²) >= 11 is 3.38. The summed E-state index contributed by atoms with van der Waals surface area (Å²) in [6.45, 7) is 5.38. The van der Waals surface area contributed by atoms with E-state index < -0.39 is 17.9 Å². The predicted molar refractivity (Wildman–Crippen MR) is 103 cm³/mol. The van der Waals surface area contributed by atoms with E-state index in [4.69, 9.17) is 9.47 Å². The van der Waals surface area contributed by atoms with Crippen molar-refractivity contribution in [2.75, 3.05) is 18.1 Å². The number of hydrogen-bond acceptors (Lipinski definition) is 6. The average Bonchev–Trinajstić information content (AvgIpc) is 3.43. The number of carboxylic acid groups (broad SMARTS) is 1. The Balaban J connectivity index is 2.55. The molecule has 1 aromatic rings. The molecule has 0 bridgehead atoms. The molecule has 0 saturated heterocycles. The SMILES string of the molecule is CCOC(=O)C(=CN(c1cc(C(=O)O)cc(Br)c1C)C1CC1)C(=O)OCC. The number of halogens is 1. The van der Waals surface area contributed by atoms with Crippen LogP contribution in [0.5, 0.6) is 0 Å². The molecule has 27 heavy (non-hydrogen) atoms. The van der Waals surface area contributed by atoms with Gasteiger partial charge in [-0.1, -0.05) is 15.9 Å². The number of anilines is 1. The molecule has 1 saturated carbocycles. The second kappa shape index (κ2) is 9.03. The predicted octanol–water partition coefficient (Wildman–Crippen LogP) is 3.43. The monoisotopic (exact) mass is 439 g/mol. The van der Waals surface area contributed by atoms with E-state index in [1.807, 2.05) is 6.92 Å². The van der Waals surface area contributed by atoms with Gasteiger partial charge in [0, 0.05) is 22.4 Å². The Morgan fingerprint density at radius 2 is 1.74 bits per heavy atom. The largest absolute Gasteiger partial charge is 0.478 e. The fraction of sp³-hybridized carbons (Fsp3) is 0.421. The summed E-state index contributed by atoms with van der Waals surface area (Å²) in [5, 5.41) is 9.36. The van der Waals surface area contributed by atoms with Gasteiger partial charge < -0.3 is 19.5 Å². The molecule has 0 radical (unpaired) electrons. The number of benzene rings is 1. The van der Waals surface area contributed by atoms with Crippen LogP contribution in [0, 0.1) is 6.92 Å². The smallest absolute Gasteiger partial charge is 0.347 e. The molecule has 1 aliphatic rings. The van der Waals surface area contributed by atoms with E-state index in [0.717, 1.165) is 18.4 Å². The molecule has 2 rings (SSSR count). The number of rotatable bonds is 8. The minimum atomic E-state index is -1.06. The number of hydrogen-bond donors (Lipinski definition) is 1. The van der Waals surface area contributed by atoms with Crippen molar-refractivity contribution in [3.05, 3.63) is 39.5 Å². The molecule has 1 aliphatic carbocycles. The zero-order valence-corrected chi connectivity index (χ0v) is 17.0. The van der Waals surface area contributed by atoms with Gasteiger partial charge in [-0.05, 0) is 51.3 Å². The Morgan fingerprint density at radius 3 is 2.19 bits per heavy atom.